The zero-order chi connectivity index (χ0) is 17.3. The first kappa shape index (κ1) is 17.4. The summed E-state index contributed by atoms with van der Waals surface area (Å²) in [6.45, 7) is 2.10. The largest absolute Gasteiger partial charge is 0.352 e. The predicted molar refractivity (Wildman–Crippen MR) is 93.8 cm³/mol. The highest BCUT2D eigenvalue weighted by Gasteiger charge is 2.40. The van der Waals surface area contributed by atoms with Crippen molar-refractivity contribution in [1.82, 2.24) is 9.62 Å². The van der Waals surface area contributed by atoms with Crippen LogP contribution in [0.1, 0.15) is 36.8 Å². The molecule has 132 valence electrons. The molecule has 2 saturated carbocycles. The SMILES string of the molecule is Cc1ccc(CN(CC(=O)N[C@@H]2C[C@H]3CC[C@H]2C3)S(C)(=O)=O)cc1. The molecular weight excluding hydrogens is 324 g/mol. The van der Waals surface area contributed by atoms with Crippen LogP contribution in [0.4, 0.5) is 0 Å². The van der Waals surface area contributed by atoms with Gasteiger partial charge in [-0.2, -0.15) is 4.31 Å². The van der Waals surface area contributed by atoms with E-state index in [2.05, 4.69) is 5.32 Å². The van der Waals surface area contributed by atoms with Gasteiger partial charge in [-0.25, -0.2) is 8.42 Å². The number of nitrogens with zero attached hydrogens (tertiary/aromatic N) is 1. The van der Waals surface area contributed by atoms with Crippen LogP contribution in [-0.2, 0) is 21.4 Å². The summed E-state index contributed by atoms with van der Waals surface area (Å²) in [5, 5.41) is 3.06. The van der Waals surface area contributed by atoms with Gasteiger partial charge in [0.1, 0.15) is 0 Å². The maximum atomic E-state index is 12.4. The van der Waals surface area contributed by atoms with Crippen molar-refractivity contribution in [2.24, 2.45) is 11.8 Å². The normalized spacial score (nSPS) is 26.0. The second kappa shape index (κ2) is 6.84. The maximum Gasteiger partial charge on any atom is 0.235 e. The summed E-state index contributed by atoms with van der Waals surface area (Å²) in [5.74, 6) is 1.15. The second-order valence-corrected chi connectivity index (χ2v) is 9.35. The first-order valence-electron chi connectivity index (χ1n) is 8.61. The number of sulfonamides is 1. The number of benzene rings is 1. The highest BCUT2D eigenvalue weighted by Crippen LogP contribution is 2.44. The molecule has 2 aliphatic rings. The van der Waals surface area contributed by atoms with Crippen LogP contribution < -0.4 is 5.32 Å². The van der Waals surface area contributed by atoms with Gasteiger partial charge in [-0.05, 0) is 43.6 Å². The molecule has 1 aromatic rings. The van der Waals surface area contributed by atoms with Gasteiger partial charge < -0.3 is 5.32 Å². The molecule has 0 saturated heterocycles. The van der Waals surface area contributed by atoms with Crippen molar-refractivity contribution in [3.63, 3.8) is 0 Å². The minimum atomic E-state index is -3.44. The molecule has 0 spiro atoms. The number of fused-ring (bicyclic) bond motifs is 2. The average Bonchev–Trinajstić information content (AvgIpc) is 3.10. The quantitative estimate of drug-likeness (QED) is 0.854. The highest BCUT2D eigenvalue weighted by molar-refractivity contribution is 7.88. The van der Waals surface area contributed by atoms with Crippen LogP contribution in [0.15, 0.2) is 24.3 Å². The van der Waals surface area contributed by atoms with Gasteiger partial charge in [0.2, 0.25) is 15.9 Å². The van der Waals surface area contributed by atoms with Crippen LogP contribution in [0.2, 0.25) is 0 Å². The Hall–Kier alpha value is -1.40. The molecular formula is C18H26N2O3S. The first-order chi connectivity index (χ1) is 11.3. The minimum Gasteiger partial charge on any atom is -0.352 e. The van der Waals surface area contributed by atoms with Crippen molar-refractivity contribution in [2.45, 2.75) is 45.2 Å². The van der Waals surface area contributed by atoms with Crippen LogP contribution in [0, 0.1) is 18.8 Å². The Morgan fingerprint density at radius 2 is 1.92 bits per heavy atom. The maximum absolute atomic E-state index is 12.4. The fourth-order valence-electron chi connectivity index (χ4n) is 4.02. The van der Waals surface area contributed by atoms with Crippen LogP contribution in [-0.4, -0.2) is 37.5 Å². The van der Waals surface area contributed by atoms with E-state index in [0.29, 0.717) is 5.92 Å². The lowest BCUT2D eigenvalue weighted by atomic mass is 9.95. The molecule has 0 aromatic heterocycles. The van der Waals surface area contributed by atoms with Gasteiger partial charge in [-0.15, -0.1) is 0 Å². The lowest BCUT2D eigenvalue weighted by molar-refractivity contribution is -0.122. The number of nitrogens with one attached hydrogen (secondary N) is 1. The molecule has 6 heteroatoms. The summed E-state index contributed by atoms with van der Waals surface area (Å²) < 4.78 is 25.3. The Balaban J connectivity index is 1.61. The van der Waals surface area contributed by atoms with E-state index in [-0.39, 0.29) is 25.0 Å². The monoisotopic (exact) mass is 350 g/mol. The van der Waals surface area contributed by atoms with Gasteiger partial charge in [-0.1, -0.05) is 36.2 Å². The molecule has 0 unspecified atom stereocenters. The van der Waals surface area contributed by atoms with E-state index < -0.39 is 10.0 Å². The van der Waals surface area contributed by atoms with E-state index in [1.807, 2.05) is 31.2 Å². The third-order valence-electron chi connectivity index (χ3n) is 5.35. The molecule has 1 aromatic carbocycles. The highest BCUT2D eigenvalue weighted by atomic mass is 32.2. The lowest BCUT2D eigenvalue weighted by Gasteiger charge is -2.25. The molecule has 2 bridgehead atoms. The average molecular weight is 350 g/mol. The summed E-state index contributed by atoms with van der Waals surface area (Å²) in [6, 6.07) is 7.94. The van der Waals surface area contributed by atoms with E-state index in [0.717, 1.165) is 29.7 Å². The first-order valence-corrected chi connectivity index (χ1v) is 10.5. The Bertz CT molecular complexity index is 699. The van der Waals surface area contributed by atoms with Gasteiger partial charge in [-0.3, -0.25) is 4.79 Å². The van der Waals surface area contributed by atoms with Gasteiger partial charge in [0, 0.05) is 12.6 Å². The molecule has 0 heterocycles. The number of hydrogen-bond acceptors (Lipinski definition) is 3. The van der Waals surface area contributed by atoms with E-state index in [1.54, 1.807) is 0 Å². The molecule has 24 heavy (non-hydrogen) atoms. The van der Waals surface area contributed by atoms with Gasteiger partial charge in [0.05, 0.1) is 12.8 Å². The van der Waals surface area contributed by atoms with Crippen molar-refractivity contribution < 1.29 is 13.2 Å². The van der Waals surface area contributed by atoms with Crippen molar-refractivity contribution >= 4 is 15.9 Å². The lowest BCUT2D eigenvalue weighted by Crippen LogP contribution is -2.45. The molecule has 0 radical (unpaired) electrons. The molecule has 0 aliphatic heterocycles. The summed E-state index contributed by atoms with van der Waals surface area (Å²) in [7, 11) is -3.44. The molecule has 3 rings (SSSR count). The van der Waals surface area contributed by atoms with Crippen LogP contribution >= 0.6 is 0 Å². The van der Waals surface area contributed by atoms with Crippen LogP contribution in [0.5, 0.6) is 0 Å². The Kier molecular flexibility index (Phi) is 4.97. The van der Waals surface area contributed by atoms with Gasteiger partial charge >= 0.3 is 0 Å². The van der Waals surface area contributed by atoms with Crippen molar-refractivity contribution in [2.75, 3.05) is 12.8 Å². The zero-order valence-electron chi connectivity index (χ0n) is 14.4. The van der Waals surface area contributed by atoms with Gasteiger partial charge in [0.25, 0.3) is 0 Å². The van der Waals surface area contributed by atoms with E-state index in [9.17, 15) is 13.2 Å². The molecule has 1 amide bonds. The Morgan fingerprint density at radius 1 is 1.21 bits per heavy atom. The van der Waals surface area contributed by atoms with Crippen molar-refractivity contribution in [3.8, 4) is 0 Å². The topological polar surface area (TPSA) is 66.5 Å². The van der Waals surface area contributed by atoms with Crippen LogP contribution in [0.25, 0.3) is 0 Å². The molecule has 1 N–H and O–H groups in total. The molecule has 5 nitrogen and oxygen atoms in total. The standard InChI is InChI=1S/C18H26N2O3S/c1-13-3-5-14(6-4-13)11-20(24(2,22)23)12-18(21)19-17-10-15-7-8-16(17)9-15/h3-6,15-17H,7-12H2,1-2H3,(H,19,21)/t15-,16-,17+/m0/s1. The number of carbonyl (C=O) groups is 1. The molecule has 3 atom stereocenters. The summed E-state index contributed by atoms with van der Waals surface area (Å²) >= 11 is 0. The van der Waals surface area contributed by atoms with Gasteiger partial charge in [0.15, 0.2) is 0 Å². The van der Waals surface area contributed by atoms with E-state index >= 15 is 0 Å². The Labute approximate surface area is 144 Å². The second-order valence-electron chi connectivity index (χ2n) is 7.37. The molecule has 2 aliphatic carbocycles. The smallest absolute Gasteiger partial charge is 0.235 e. The predicted octanol–water partition coefficient (Wildman–Crippen LogP) is 2.06. The van der Waals surface area contributed by atoms with Crippen molar-refractivity contribution in [3.05, 3.63) is 35.4 Å². The minimum absolute atomic E-state index is 0.111. The third-order valence-corrected chi connectivity index (χ3v) is 6.55. The van der Waals surface area contributed by atoms with Crippen molar-refractivity contribution in [1.29, 1.82) is 0 Å². The summed E-state index contributed by atoms with van der Waals surface area (Å²) in [4.78, 5) is 12.4. The fraction of sp³-hybridized carbons (Fsp3) is 0.611. The van der Waals surface area contributed by atoms with E-state index in [1.165, 1.54) is 23.6 Å². The summed E-state index contributed by atoms with van der Waals surface area (Å²) in [6.07, 6.45) is 5.89. The number of aryl methyl sites for hydroxylation is 1. The number of rotatable bonds is 6. The number of amides is 1. The van der Waals surface area contributed by atoms with E-state index in [4.69, 9.17) is 0 Å². The third kappa shape index (κ3) is 4.16. The summed E-state index contributed by atoms with van der Waals surface area (Å²) in [5.41, 5.74) is 2.01. The van der Waals surface area contributed by atoms with Crippen LogP contribution in [0.3, 0.4) is 0 Å². The molecule has 2 fully saturated rings. The zero-order valence-corrected chi connectivity index (χ0v) is 15.2. The Morgan fingerprint density at radius 3 is 2.46 bits per heavy atom. The fourth-order valence-corrected chi connectivity index (χ4v) is 4.76. The number of hydrogen-bond donors (Lipinski definition) is 1. The number of carbonyl (C=O) groups excluding carboxylic acids is 1.